The summed E-state index contributed by atoms with van der Waals surface area (Å²) < 4.78 is 10.7. The number of hydrogen-bond donors (Lipinski definition) is 1. The Balaban J connectivity index is 1.74. The van der Waals surface area contributed by atoms with E-state index in [0.717, 1.165) is 16.7 Å². The van der Waals surface area contributed by atoms with Gasteiger partial charge in [0.15, 0.2) is 0 Å². The molecule has 0 atom stereocenters. The van der Waals surface area contributed by atoms with E-state index in [2.05, 4.69) is 91.7 Å². The highest BCUT2D eigenvalue weighted by Gasteiger charge is 2.20. The number of amides is 2. The largest absolute Gasteiger partial charge is 0.444 e. The molecule has 218 valence electrons. The maximum atomic E-state index is 12.4. The van der Waals surface area contributed by atoms with Crippen LogP contribution < -0.4 is 5.32 Å². The van der Waals surface area contributed by atoms with Crippen molar-refractivity contribution in [2.75, 3.05) is 0 Å². The Morgan fingerprint density at radius 3 is 1.71 bits per heavy atom. The number of amidine groups is 1. The van der Waals surface area contributed by atoms with Crippen LogP contribution in [0.25, 0.3) is 22.3 Å². The highest BCUT2D eigenvalue weighted by molar-refractivity contribution is 6.00. The SMILES string of the molecule is CC(C)(C)OC(=O)N=C(CCc1cccc(-c2ccc(-c3ccc(C(C)(C)C)cc3)cc2)c1)NC(=O)OC(C)(C)C. The minimum atomic E-state index is -0.759. The molecule has 41 heavy (non-hydrogen) atoms. The minimum absolute atomic E-state index is 0.127. The zero-order valence-electron chi connectivity index (χ0n) is 25.9. The lowest BCUT2D eigenvalue weighted by Crippen LogP contribution is -2.37. The molecule has 3 aromatic rings. The summed E-state index contributed by atoms with van der Waals surface area (Å²) in [6, 6.07) is 25.5. The molecular weight excluding hydrogens is 512 g/mol. The van der Waals surface area contributed by atoms with E-state index >= 15 is 0 Å². The maximum Gasteiger partial charge on any atom is 0.435 e. The first-order chi connectivity index (χ1) is 19.0. The normalized spacial score (nSPS) is 12.6. The predicted octanol–water partition coefficient (Wildman–Crippen LogP) is 9.11. The van der Waals surface area contributed by atoms with Crippen molar-refractivity contribution in [3.8, 4) is 22.3 Å². The van der Waals surface area contributed by atoms with Crippen LogP contribution in [0.1, 0.15) is 79.9 Å². The van der Waals surface area contributed by atoms with E-state index in [9.17, 15) is 9.59 Å². The first kappa shape index (κ1) is 31.6. The van der Waals surface area contributed by atoms with Crippen LogP contribution in [0.5, 0.6) is 0 Å². The third-order valence-corrected chi connectivity index (χ3v) is 6.14. The Morgan fingerprint density at radius 1 is 0.683 bits per heavy atom. The van der Waals surface area contributed by atoms with Crippen molar-refractivity contribution in [1.29, 1.82) is 0 Å². The van der Waals surface area contributed by atoms with Gasteiger partial charge in [0.2, 0.25) is 0 Å². The molecule has 0 aliphatic heterocycles. The molecule has 0 unspecified atom stereocenters. The molecule has 0 saturated heterocycles. The average molecular weight is 557 g/mol. The number of alkyl carbamates (subject to hydrolysis) is 1. The third kappa shape index (κ3) is 10.5. The molecule has 0 fully saturated rings. The molecule has 6 heteroatoms. The van der Waals surface area contributed by atoms with Crippen LogP contribution in [0, 0.1) is 0 Å². The van der Waals surface area contributed by atoms with E-state index in [-0.39, 0.29) is 11.3 Å². The topological polar surface area (TPSA) is 77.0 Å². The highest BCUT2D eigenvalue weighted by Crippen LogP contribution is 2.28. The molecule has 0 bridgehead atoms. The summed E-state index contributed by atoms with van der Waals surface area (Å²) in [5.74, 6) is 0.195. The number of benzene rings is 3. The highest BCUT2D eigenvalue weighted by atomic mass is 16.6. The van der Waals surface area contributed by atoms with Crippen LogP contribution in [0.3, 0.4) is 0 Å². The van der Waals surface area contributed by atoms with Gasteiger partial charge in [-0.3, -0.25) is 5.32 Å². The number of carbonyl (C=O) groups is 2. The Morgan fingerprint density at radius 2 is 1.20 bits per heavy atom. The van der Waals surface area contributed by atoms with Gasteiger partial charge in [0.05, 0.1) is 0 Å². The number of nitrogens with zero attached hydrogens (tertiary/aromatic N) is 1. The zero-order valence-corrected chi connectivity index (χ0v) is 25.9. The number of hydrogen-bond acceptors (Lipinski definition) is 4. The van der Waals surface area contributed by atoms with Gasteiger partial charge in [0.1, 0.15) is 17.0 Å². The van der Waals surface area contributed by atoms with Gasteiger partial charge in [-0.05, 0) is 86.8 Å². The summed E-state index contributed by atoms with van der Waals surface area (Å²) in [5.41, 5.74) is 5.66. The summed E-state index contributed by atoms with van der Waals surface area (Å²) in [4.78, 5) is 28.8. The van der Waals surface area contributed by atoms with Gasteiger partial charge in [-0.2, -0.15) is 4.99 Å². The van der Waals surface area contributed by atoms with Gasteiger partial charge < -0.3 is 9.47 Å². The van der Waals surface area contributed by atoms with E-state index in [0.29, 0.717) is 12.8 Å². The average Bonchev–Trinajstić information content (AvgIpc) is 2.85. The molecule has 3 rings (SSSR count). The molecule has 0 heterocycles. The summed E-state index contributed by atoms with van der Waals surface area (Å²) in [6.45, 7) is 17.3. The first-order valence-corrected chi connectivity index (χ1v) is 14.1. The monoisotopic (exact) mass is 556 g/mol. The van der Waals surface area contributed by atoms with E-state index in [1.165, 1.54) is 16.7 Å². The third-order valence-electron chi connectivity index (χ3n) is 6.14. The van der Waals surface area contributed by atoms with Crippen LogP contribution in [-0.2, 0) is 21.3 Å². The van der Waals surface area contributed by atoms with Gasteiger partial charge in [0, 0.05) is 6.42 Å². The van der Waals surface area contributed by atoms with Crippen LogP contribution in [-0.4, -0.2) is 29.2 Å². The molecule has 3 aromatic carbocycles. The van der Waals surface area contributed by atoms with E-state index in [1.54, 1.807) is 41.5 Å². The predicted molar refractivity (Wildman–Crippen MR) is 167 cm³/mol. The number of rotatable bonds is 5. The molecule has 0 radical (unpaired) electrons. The fourth-order valence-electron chi connectivity index (χ4n) is 4.15. The van der Waals surface area contributed by atoms with Crippen LogP contribution in [0.15, 0.2) is 77.8 Å². The Kier molecular flexibility index (Phi) is 9.80. The summed E-state index contributed by atoms with van der Waals surface area (Å²) in [7, 11) is 0. The van der Waals surface area contributed by atoms with Gasteiger partial charge in [-0.25, -0.2) is 9.59 Å². The maximum absolute atomic E-state index is 12.4. The van der Waals surface area contributed by atoms with Crippen LogP contribution in [0.4, 0.5) is 9.59 Å². The molecule has 0 spiro atoms. The second-order valence-corrected chi connectivity index (χ2v) is 13.3. The second kappa shape index (κ2) is 12.7. The summed E-state index contributed by atoms with van der Waals surface area (Å²) in [6.07, 6.45) is -0.540. The zero-order chi connectivity index (χ0) is 30.4. The van der Waals surface area contributed by atoms with Crippen molar-refractivity contribution < 1.29 is 19.1 Å². The molecule has 0 aliphatic carbocycles. The number of aryl methyl sites for hydroxylation is 1. The molecule has 6 nitrogen and oxygen atoms in total. The Hall–Kier alpha value is -3.93. The molecule has 1 N–H and O–H groups in total. The summed E-state index contributed by atoms with van der Waals surface area (Å²) >= 11 is 0. The second-order valence-electron chi connectivity index (χ2n) is 13.3. The van der Waals surface area contributed by atoms with Gasteiger partial charge in [0.25, 0.3) is 0 Å². The van der Waals surface area contributed by atoms with Crippen LogP contribution in [0.2, 0.25) is 0 Å². The van der Waals surface area contributed by atoms with Crippen molar-refractivity contribution in [3.63, 3.8) is 0 Å². The molecular formula is C35H44N2O4. The lowest BCUT2D eigenvalue weighted by molar-refractivity contribution is 0.0561. The van der Waals surface area contributed by atoms with Crippen LogP contribution >= 0.6 is 0 Å². The first-order valence-electron chi connectivity index (χ1n) is 14.1. The van der Waals surface area contributed by atoms with Crippen molar-refractivity contribution in [2.24, 2.45) is 4.99 Å². The molecule has 0 aromatic heterocycles. The van der Waals surface area contributed by atoms with Crippen molar-refractivity contribution >= 4 is 18.0 Å². The van der Waals surface area contributed by atoms with Gasteiger partial charge in [-0.15, -0.1) is 0 Å². The standard InChI is InChI=1S/C35H44N2O4/c1-33(2,3)29-20-18-26(19-21-29)25-14-16-27(17-15-25)28-12-10-11-24(23-28)13-22-30(36-31(38)40-34(4,5)6)37-32(39)41-35(7,8)9/h10-12,14-21,23H,13,22H2,1-9H3,(H,36,37,38,39). The minimum Gasteiger partial charge on any atom is -0.444 e. The van der Waals surface area contributed by atoms with Gasteiger partial charge in [-0.1, -0.05) is 93.6 Å². The van der Waals surface area contributed by atoms with Crippen molar-refractivity contribution in [1.82, 2.24) is 5.32 Å². The van der Waals surface area contributed by atoms with Gasteiger partial charge >= 0.3 is 12.2 Å². The number of ether oxygens (including phenoxy) is 2. The van der Waals surface area contributed by atoms with Crippen molar-refractivity contribution in [2.45, 2.75) is 91.8 Å². The van der Waals surface area contributed by atoms with E-state index in [1.807, 2.05) is 12.1 Å². The Labute approximate surface area is 245 Å². The quantitative estimate of drug-likeness (QED) is 0.251. The lowest BCUT2D eigenvalue weighted by atomic mass is 9.86. The number of carbonyl (C=O) groups excluding carboxylic acids is 2. The number of aliphatic imine (C=N–C) groups is 1. The smallest absolute Gasteiger partial charge is 0.435 e. The lowest BCUT2D eigenvalue weighted by Gasteiger charge is -2.21. The van der Waals surface area contributed by atoms with Crippen molar-refractivity contribution in [3.05, 3.63) is 83.9 Å². The summed E-state index contributed by atoms with van der Waals surface area (Å²) in [5, 5.41) is 2.63. The van der Waals surface area contributed by atoms with E-state index in [4.69, 9.17) is 9.47 Å². The van der Waals surface area contributed by atoms with E-state index < -0.39 is 23.4 Å². The fourth-order valence-corrected chi connectivity index (χ4v) is 4.15. The molecule has 0 saturated carbocycles. The Bertz CT molecular complexity index is 1370. The molecule has 0 aliphatic rings. The molecule has 2 amide bonds. The number of nitrogens with one attached hydrogen (secondary N) is 1. The fraction of sp³-hybridized carbons (Fsp3) is 0.400.